The van der Waals surface area contributed by atoms with Crippen molar-refractivity contribution in [2.45, 2.75) is 54.1 Å². The van der Waals surface area contributed by atoms with E-state index in [9.17, 15) is 5.11 Å². The van der Waals surface area contributed by atoms with Gasteiger partial charge in [0.2, 0.25) is 0 Å². The van der Waals surface area contributed by atoms with Gasteiger partial charge in [0, 0.05) is 0 Å². The van der Waals surface area contributed by atoms with E-state index in [0.717, 1.165) is 6.42 Å². The second-order valence-corrected chi connectivity index (χ2v) is 4.70. The van der Waals surface area contributed by atoms with Crippen LogP contribution in [0.5, 0.6) is 0 Å². The molecule has 11 heavy (non-hydrogen) atoms. The summed E-state index contributed by atoms with van der Waals surface area (Å²) in [6, 6.07) is 0. The molecule has 0 spiro atoms. The third-order valence-corrected chi connectivity index (χ3v) is 3.37. The van der Waals surface area contributed by atoms with E-state index < -0.39 is 0 Å². The first-order valence-electron chi connectivity index (χ1n) is 4.43. The van der Waals surface area contributed by atoms with Crippen molar-refractivity contribution in [2.24, 2.45) is 10.8 Å². The summed E-state index contributed by atoms with van der Waals surface area (Å²) in [6.07, 6.45) is 0.793. The SMILES string of the molecule is CCC(C)(C(C)O)C(C)(C)C. The maximum atomic E-state index is 9.61. The summed E-state index contributed by atoms with van der Waals surface area (Å²) in [5, 5.41) is 9.61. The van der Waals surface area contributed by atoms with Crippen molar-refractivity contribution in [1.29, 1.82) is 0 Å². The van der Waals surface area contributed by atoms with Crippen LogP contribution in [0.25, 0.3) is 0 Å². The Bertz CT molecular complexity index is 121. The monoisotopic (exact) mass is 158 g/mol. The second-order valence-electron chi connectivity index (χ2n) is 4.70. The van der Waals surface area contributed by atoms with Crippen molar-refractivity contribution in [2.75, 3.05) is 0 Å². The van der Waals surface area contributed by atoms with Crippen LogP contribution < -0.4 is 0 Å². The molecule has 0 aliphatic carbocycles. The van der Waals surface area contributed by atoms with Crippen molar-refractivity contribution in [3.05, 3.63) is 0 Å². The van der Waals surface area contributed by atoms with Crippen LogP contribution in [0.3, 0.4) is 0 Å². The molecular weight excluding hydrogens is 136 g/mol. The normalized spacial score (nSPS) is 21.0. The maximum absolute atomic E-state index is 9.61. The fourth-order valence-electron chi connectivity index (χ4n) is 1.45. The average Bonchev–Trinajstić information content (AvgIpc) is 1.83. The van der Waals surface area contributed by atoms with E-state index in [1.54, 1.807) is 0 Å². The zero-order chi connectivity index (χ0) is 9.28. The Morgan fingerprint density at radius 3 is 1.55 bits per heavy atom. The molecular formula is C10H22O. The van der Waals surface area contributed by atoms with E-state index in [2.05, 4.69) is 34.6 Å². The molecule has 0 aromatic rings. The van der Waals surface area contributed by atoms with Crippen LogP contribution >= 0.6 is 0 Å². The van der Waals surface area contributed by atoms with Crippen LogP contribution in [0.1, 0.15) is 48.0 Å². The van der Waals surface area contributed by atoms with E-state index in [0.29, 0.717) is 0 Å². The summed E-state index contributed by atoms with van der Waals surface area (Å²) in [7, 11) is 0. The minimum absolute atomic E-state index is 0.0347. The maximum Gasteiger partial charge on any atom is 0.0570 e. The molecule has 0 rings (SSSR count). The van der Waals surface area contributed by atoms with E-state index in [4.69, 9.17) is 0 Å². The second kappa shape index (κ2) is 3.14. The van der Waals surface area contributed by atoms with Crippen LogP contribution in [-0.4, -0.2) is 11.2 Å². The Labute approximate surface area is 70.8 Å². The molecule has 0 heterocycles. The standard InChI is InChI=1S/C10H22O/c1-7-10(6,8(2)11)9(3,4)5/h8,11H,7H2,1-6H3. The quantitative estimate of drug-likeness (QED) is 0.655. The zero-order valence-electron chi connectivity index (χ0n) is 8.73. The van der Waals surface area contributed by atoms with Gasteiger partial charge in [-0.2, -0.15) is 0 Å². The van der Waals surface area contributed by atoms with E-state index in [-0.39, 0.29) is 16.9 Å². The predicted molar refractivity (Wildman–Crippen MR) is 49.5 cm³/mol. The highest BCUT2D eigenvalue weighted by atomic mass is 16.3. The third kappa shape index (κ3) is 1.96. The number of hydrogen-bond donors (Lipinski definition) is 1. The van der Waals surface area contributed by atoms with Crippen molar-refractivity contribution in [1.82, 2.24) is 0 Å². The van der Waals surface area contributed by atoms with E-state index in [1.165, 1.54) is 0 Å². The summed E-state index contributed by atoms with van der Waals surface area (Å²) < 4.78 is 0. The molecule has 0 aliphatic heterocycles. The summed E-state index contributed by atoms with van der Waals surface area (Å²) >= 11 is 0. The van der Waals surface area contributed by atoms with Gasteiger partial charge in [0.1, 0.15) is 0 Å². The predicted octanol–water partition coefficient (Wildman–Crippen LogP) is 2.83. The Balaban J connectivity index is 4.61. The molecule has 0 fully saturated rings. The smallest absolute Gasteiger partial charge is 0.0570 e. The summed E-state index contributed by atoms with van der Waals surface area (Å²) in [5.74, 6) is 0. The number of aliphatic hydroxyl groups is 1. The van der Waals surface area contributed by atoms with Crippen LogP contribution in [0.15, 0.2) is 0 Å². The van der Waals surface area contributed by atoms with Gasteiger partial charge in [0.25, 0.3) is 0 Å². The Hall–Kier alpha value is -0.0400. The highest BCUT2D eigenvalue weighted by molar-refractivity contribution is 4.89. The van der Waals surface area contributed by atoms with Crippen LogP contribution in [0.2, 0.25) is 0 Å². The molecule has 0 radical (unpaired) electrons. The fraction of sp³-hybridized carbons (Fsp3) is 1.00. The lowest BCUT2D eigenvalue weighted by Gasteiger charge is -2.43. The molecule has 2 atom stereocenters. The molecule has 0 bridgehead atoms. The van der Waals surface area contributed by atoms with Gasteiger partial charge in [0.15, 0.2) is 0 Å². The molecule has 1 N–H and O–H groups in total. The highest BCUT2D eigenvalue weighted by Crippen LogP contribution is 2.43. The van der Waals surface area contributed by atoms with Crippen molar-refractivity contribution >= 4 is 0 Å². The molecule has 0 aliphatic rings. The lowest BCUT2D eigenvalue weighted by Crippen LogP contribution is -2.41. The van der Waals surface area contributed by atoms with Gasteiger partial charge in [-0.3, -0.25) is 0 Å². The molecule has 0 aromatic carbocycles. The molecule has 1 nitrogen and oxygen atoms in total. The van der Waals surface area contributed by atoms with Gasteiger partial charge < -0.3 is 5.11 Å². The van der Waals surface area contributed by atoms with Crippen molar-refractivity contribution in [3.8, 4) is 0 Å². The molecule has 0 aromatic heterocycles. The number of aliphatic hydroxyl groups excluding tert-OH is 1. The summed E-state index contributed by atoms with van der Waals surface area (Å²) in [5.41, 5.74) is 0.211. The fourth-order valence-corrected chi connectivity index (χ4v) is 1.45. The largest absolute Gasteiger partial charge is 0.393 e. The van der Waals surface area contributed by atoms with Gasteiger partial charge in [-0.15, -0.1) is 0 Å². The Kier molecular flexibility index (Phi) is 3.13. The van der Waals surface area contributed by atoms with Crippen molar-refractivity contribution in [3.63, 3.8) is 0 Å². The van der Waals surface area contributed by atoms with Gasteiger partial charge in [-0.05, 0) is 24.2 Å². The molecule has 1 heteroatoms. The van der Waals surface area contributed by atoms with E-state index in [1.807, 2.05) is 6.92 Å². The van der Waals surface area contributed by atoms with Gasteiger partial charge in [-0.1, -0.05) is 34.6 Å². The van der Waals surface area contributed by atoms with Crippen molar-refractivity contribution < 1.29 is 5.11 Å². The first kappa shape index (κ1) is 11.0. The molecule has 2 unspecified atom stereocenters. The third-order valence-electron chi connectivity index (χ3n) is 3.37. The van der Waals surface area contributed by atoms with Gasteiger partial charge >= 0.3 is 0 Å². The highest BCUT2D eigenvalue weighted by Gasteiger charge is 2.39. The molecule has 68 valence electrons. The minimum atomic E-state index is -0.229. The summed E-state index contributed by atoms with van der Waals surface area (Å²) in [6.45, 7) is 12.7. The minimum Gasteiger partial charge on any atom is -0.393 e. The van der Waals surface area contributed by atoms with Crippen LogP contribution in [0.4, 0.5) is 0 Å². The summed E-state index contributed by atoms with van der Waals surface area (Å²) in [4.78, 5) is 0. The van der Waals surface area contributed by atoms with Gasteiger partial charge in [0.05, 0.1) is 6.10 Å². The van der Waals surface area contributed by atoms with Crippen LogP contribution in [0, 0.1) is 10.8 Å². The lowest BCUT2D eigenvalue weighted by atomic mass is 9.63. The first-order valence-corrected chi connectivity index (χ1v) is 4.43. The number of rotatable bonds is 2. The zero-order valence-corrected chi connectivity index (χ0v) is 8.73. The molecule has 0 amide bonds. The van der Waals surface area contributed by atoms with Gasteiger partial charge in [-0.25, -0.2) is 0 Å². The Morgan fingerprint density at radius 1 is 1.18 bits per heavy atom. The molecule has 0 saturated heterocycles. The first-order chi connectivity index (χ1) is 4.75. The Morgan fingerprint density at radius 2 is 1.55 bits per heavy atom. The van der Waals surface area contributed by atoms with Crippen LogP contribution in [-0.2, 0) is 0 Å². The lowest BCUT2D eigenvalue weighted by molar-refractivity contribution is -0.0332. The number of hydrogen-bond acceptors (Lipinski definition) is 1. The van der Waals surface area contributed by atoms with E-state index >= 15 is 0 Å². The average molecular weight is 158 g/mol. The molecule has 0 saturated carbocycles. The topological polar surface area (TPSA) is 20.2 Å².